The standard InChI is InChI=1S/C17H17FN2O2/c1-11-17(21)20-16(19-11)13-5-7-15(8-6-13)22-10-12-3-2-4-14(18)9-12/h2-9,11,16,19H,10H2,1H3,(H,20,21)/t11-,16?/m0/s1. The van der Waals surface area contributed by atoms with E-state index >= 15 is 0 Å². The maximum absolute atomic E-state index is 13.1. The maximum atomic E-state index is 13.1. The minimum Gasteiger partial charge on any atom is -0.489 e. The lowest BCUT2D eigenvalue weighted by atomic mass is 10.1. The summed E-state index contributed by atoms with van der Waals surface area (Å²) in [4.78, 5) is 11.5. The summed E-state index contributed by atoms with van der Waals surface area (Å²) in [5.41, 5.74) is 1.75. The SMILES string of the molecule is C[C@@H]1NC(c2ccc(OCc3cccc(F)c3)cc2)NC1=O. The Balaban J connectivity index is 1.61. The van der Waals surface area contributed by atoms with Crippen molar-refractivity contribution in [1.29, 1.82) is 0 Å². The van der Waals surface area contributed by atoms with Crippen LogP contribution < -0.4 is 15.4 Å². The van der Waals surface area contributed by atoms with E-state index in [9.17, 15) is 9.18 Å². The minimum absolute atomic E-state index is 0.00330. The number of carbonyl (C=O) groups excluding carboxylic acids is 1. The Morgan fingerprint density at radius 1 is 1.18 bits per heavy atom. The van der Waals surface area contributed by atoms with Crippen molar-refractivity contribution >= 4 is 5.91 Å². The number of hydrogen-bond acceptors (Lipinski definition) is 3. The molecule has 0 aromatic heterocycles. The topological polar surface area (TPSA) is 50.4 Å². The fraction of sp³-hybridized carbons (Fsp3) is 0.235. The zero-order valence-electron chi connectivity index (χ0n) is 12.2. The van der Waals surface area contributed by atoms with E-state index in [0.29, 0.717) is 12.4 Å². The number of halogens is 1. The van der Waals surface area contributed by atoms with Gasteiger partial charge in [0.1, 0.15) is 24.3 Å². The van der Waals surface area contributed by atoms with Crippen LogP contribution in [-0.4, -0.2) is 11.9 Å². The van der Waals surface area contributed by atoms with Gasteiger partial charge in [0.05, 0.1) is 6.04 Å². The zero-order valence-corrected chi connectivity index (χ0v) is 12.2. The quantitative estimate of drug-likeness (QED) is 0.912. The molecule has 3 rings (SSSR count). The zero-order chi connectivity index (χ0) is 15.5. The number of rotatable bonds is 4. The highest BCUT2D eigenvalue weighted by atomic mass is 19.1. The molecule has 1 unspecified atom stereocenters. The predicted octanol–water partition coefficient (Wildman–Crippen LogP) is 2.51. The second kappa shape index (κ2) is 6.15. The average molecular weight is 300 g/mol. The number of benzene rings is 2. The lowest BCUT2D eigenvalue weighted by Crippen LogP contribution is -2.24. The van der Waals surface area contributed by atoms with E-state index in [-0.39, 0.29) is 23.9 Å². The van der Waals surface area contributed by atoms with Crippen molar-refractivity contribution in [3.63, 3.8) is 0 Å². The van der Waals surface area contributed by atoms with E-state index in [4.69, 9.17) is 4.74 Å². The first kappa shape index (κ1) is 14.5. The third kappa shape index (κ3) is 3.26. The van der Waals surface area contributed by atoms with Gasteiger partial charge in [-0.15, -0.1) is 0 Å². The Bertz CT molecular complexity index is 673. The molecule has 0 saturated carbocycles. The fourth-order valence-corrected chi connectivity index (χ4v) is 2.36. The number of ether oxygens (including phenoxy) is 1. The average Bonchev–Trinajstić information content (AvgIpc) is 2.85. The Morgan fingerprint density at radius 3 is 2.59 bits per heavy atom. The molecule has 1 aliphatic heterocycles. The van der Waals surface area contributed by atoms with E-state index in [2.05, 4.69) is 10.6 Å². The molecule has 1 aliphatic rings. The molecule has 0 spiro atoms. The van der Waals surface area contributed by atoms with Gasteiger partial charge in [-0.1, -0.05) is 24.3 Å². The van der Waals surface area contributed by atoms with Crippen LogP contribution in [0.5, 0.6) is 5.75 Å². The van der Waals surface area contributed by atoms with E-state index < -0.39 is 0 Å². The summed E-state index contributed by atoms with van der Waals surface area (Å²) in [5, 5.41) is 6.03. The third-order valence-electron chi connectivity index (χ3n) is 3.60. The lowest BCUT2D eigenvalue weighted by molar-refractivity contribution is -0.120. The van der Waals surface area contributed by atoms with Gasteiger partial charge in [-0.25, -0.2) is 4.39 Å². The molecule has 1 amide bonds. The molecule has 2 N–H and O–H groups in total. The predicted molar refractivity (Wildman–Crippen MR) is 80.7 cm³/mol. The van der Waals surface area contributed by atoms with Crippen LogP contribution in [0.1, 0.15) is 24.2 Å². The smallest absolute Gasteiger partial charge is 0.238 e. The van der Waals surface area contributed by atoms with Gasteiger partial charge in [0.2, 0.25) is 5.91 Å². The Hall–Kier alpha value is -2.40. The van der Waals surface area contributed by atoms with Gasteiger partial charge >= 0.3 is 0 Å². The maximum Gasteiger partial charge on any atom is 0.238 e. The largest absolute Gasteiger partial charge is 0.489 e. The molecule has 2 aromatic carbocycles. The van der Waals surface area contributed by atoms with Gasteiger partial charge in [-0.3, -0.25) is 10.1 Å². The Labute approximate surface area is 128 Å². The monoisotopic (exact) mass is 300 g/mol. The molecule has 1 saturated heterocycles. The number of nitrogens with one attached hydrogen (secondary N) is 2. The van der Waals surface area contributed by atoms with E-state index in [0.717, 1.165) is 11.1 Å². The molecule has 22 heavy (non-hydrogen) atoms. The Kier molecular flexibility index (Phi) is 4.06. The Morgan fingerprint density at radius 2 is 1.95 bits per heavy atom. The van der Waals surface area contributed by atoms with Crippen LogP contribution in [-0.2, 0) is 11.4 Å². The molecule has 0 radical (unpaired) electrons. The number of amides is 1. The molecule has 114 valence electrons. The van der Waals surface area contributed by atoms with Gasteiger partial charge < -0.3 is 10.1 Å². The first-order valence-electron chi connectivity index (χ1n) is 7.15. The second-order valence-corrected chi connectivity index (χ2v) is 5.32. The summed E-state index contributed by atoms with van der Waals surface area (Å²) in [5.74, 6) is 0.426. The minimum atomic E-state index is -0.270. The molecule has 1 heterocycles. The van der Waals surface area contributed by atoms with Gasteiger partial charge in [-0.05, 0) is 42.3 Å². The first-order chi connectivity index (χ1) is 10.6. The summed E-state index contributed by atoms with van der Waals surface area (Å²) in [7, 11) is 0. The number of hydrogen-bond donors (Lipinski definition) is 2. The van der Waals surface area contributed by atoms with Crippen LogP contribution in [0.4, 0.5) is 4.39 Å². The van der Waals surface area contributed by atoms with Crippen LogP contribution in [0.2, 0.25) is 0 Å². The fourth-order valence-electron chi connectivity index (χ4n) is 2.36. The van der Waals surface area contributed by atoms with Crippen molar-refractivity contribution in [2.45, 2.75) is 25.7 Å². The van der Waals surface area contributed by atoms with Gasteiger partial charge in [0.25, 0.3) is 0 Å². The van der Waals surface area contributed by atoms with Crippen molar-refractivity contribution in [3.05, 3.63) is 65.5 Å². The first-order valence-corrected chi connectivity index (χ1v) is 7.15. The molecule has 1 fully saturated rings. The van der Waals surface area contributed by atoms with Crippen LogP contribution in [0, 0.1) is 5.82 Å². The highest BCUT2D eigenvalue weighted by Gasteiger charge is 2.28. The van der Waals surface area contributed by atoms with Crippen LogP contribution in [0.15, 0.2) is 48.5 Å². The van der Waals surface area contributed by atoms with Gasteiger partial charge in [-0.2, -0.15) is 0 Å². The van der Waals surface area contributed by atoms with Crippen molar-refractivity contribution < 1.29 is 13.9 Å². The van der Waals surface area contributed by atoms with Crippen LogP contribution in [0.25, 0.3) is 0 Å². The molecular formula is C17H17FN2O2. The molecule has 4 nitrogen and oxygen atoms in total. The normalized spacial score (nSPS) is 20.7. The lowest BCUT2D eigenvalue weighted by Gasteiger charge is -2.12. The van der Waals surface area contributed by atoms with Crippen LogP contribution >= 0.6 is 0 Å². The van der Waals surface area contributed by atoms with Crippen molar-refractivity contribution in [2.75, 3.05) is 0 Å². The summed E-state index contributed by atoms with van der Waals surface area (Å²) in [6.07, 6.45) is -0.167. The van der Waals surface area contributed by atoms with Crippen molar-refractivity contribution in [3.8, 4) is 5.75 Å². The molecule has 5 heteroatoms. The van der Waals surface area contributed by atoms with Crippen molar-refractivity contribution in [1.82, 2.24) is 10.6 Å². The van der Waals surface area contributed by atoms with Gasteiger partial charge in [0.15, 0.2) is 0 Å². The highest BCUT2D eigenvalue weighted by molar-refractivity contribution is 5.83. The summed E-state index contributed by atoms with van der Waals surface area (Å²) < 4.78 is 18.7. The highest BCUT2D eigenvalue weighted by Crippen LogP contribution is 2.20. The summed E-state index contributed by atoms with van der Waals surface area (Å²) >= 11 is 0. The van der Waals surface area contributed by atoms with Crippen molar-refractivity contribution in [2.24, 2.45) is 0 Å². The number of carbonyl (C=O) groups is 1. The second-order valence-electron chi connectivity index (χ2n) is 5.32. The van der Waals surface area contributed by atoms with E-state index in [1.165, 1.54) is 12.1 Å². The van der Waals surface area contributed by atoms with E-state index in [1.54, 1.807) is 6.07 Å². The molecule has 2 atom stereocenters. The van der Waals surface area contributed by atoms with Crippen LogP contribution in [0.3, 0.4) is 0 Å². The van der Waals surface area contributed by atoms with E-state index in [1.807, 2.05) is 37.3 Å². The summed E-state index contributed by atoms with van der Waals surface area (Å²) in [6.45, 7) is 2.14. The van der Waals surface area contributed by atoms with Gasteiger partial charge in [0, 0.05) is 0 Å². The molecular weight excluding hydrogens is 283 g/mol. The summed E-state index contributed by atoms with van der Waals surface area (Å²) in [6, 6.07) is 13.6. The third-order valence-corrected chi connectivity index (χ3v) is 3.60. The molecule has 2 aromatic rings. The molecule has 0 bridgehead atoms. The molecule has 0 aliphatic carbocycles.